The highest BCUT2D eigenvalue weighted by Gasteiger charge is 2.56. The number of benzene rings is 1. The van der Waals surface area contributed by atoms with Crippen molar-refractivity contribution in [2.75, 3.05) is 0 Å². The zero-order valence-electron chi connectivity index (χ0n) is 9.08. The van der Waals surface area contributed by atoms with Crippen LogP contribution in [-0.4, -0.2) is 11.1 Å². The van der Waals surface area contributed by atoms with Crippen molar-refractivity contribution in [2.45, 2.75) is 24.9 Å². The Morgan fingerprint density at radius 1 is 1.47 bits per heavy atom. The van der Waals surface area contributed by atoms with E-state index in [9.17, 15) is 18.0 Å². The van der Waals surface area contributed by atoms with Crippen LogP contribution in [0.25, 0.3) is 0 Å². The van der Waals surface area contributed by atoms with Gasteiger partial charge in [-0.2, -0.15) is 13.2 Å². The summed E-state index contributed by atoms with van der Waals surface area (Å²) < 4.78 is 37.5. The van der Waals surface area contributed by atoms with Crippen LogP contribution in [0.3, 0.4) is 0 Å². The molecule has 17 heavy (non-hydrogen) atoms. The lowest BCUT2D eigenvalue weighted by atomic mass is 9.94. The number of hydrogen-bond acceptors (Lipinski definition) is 1. The largest absolute Gasteiger partial charge is 0.481 e. The molecule has 1 aromatic rings. The third-order valence-electron chi connectivity index (χ3n) is 3.38. The number of aliphatic carboxylic acids is 1. The quantitative estimate of drug-likeness (QED) is 0.868. The van der Waals surface area contributed by atoms with E-state index in [1.54, 1.807) is 13.0 Å². The number of rotatable bonds is 2. The van der Waals surface area contributed by atoms with Gasteiger partial charge in [-0.1, -0.05) is 25.1 Å². The number of carbonyl (C=O) groups is 1. The molecule has 0 amide bonds. The van der Waals surface area contributed by atoms with Crippen molar-refractivity contribution >= 4 is 5.97 Å². The maximum absolute atomic E-state index is 12.5. The molecule has 2 atom stereocenters. The lowest BCUT2D eigenvalue weighted by Crippen LogP contribution is -2.13. The van der Waals surface area contributed by atoms with Crippen LogP contribution in [0, 0.1) is 5.92 Å². The molecule has 0 heterocycles. The maximum Gasteiger partial charge on any atom is 0.416 e. The molecule has 1 N–H and O–H groups in total. The summed E-state index contributed by atoms with van der Waals surface area (Å²) in [6.07, 6.45) is -4.00. The van der Waals surface area contributed by atoms with E-state index in [1.807, 2.05) is 0 Å². The van der Waals surface area contributed by atoms with Crippen molar-refractivity contribution in [1.29, 1.82) is 0 Å². The van der Waals surface area contributed by atoms with E-state index < -0.39 is 29.0 Å². The molecule has 2 nitrogen and oxygen atoms in total. The van der Waals surface area contributed by atoms with E-state index in [0.717, 1.165) is 12.1 Å². The van der Waals surface area contributed by atoms with E-state index in [-0.39, 0.29) is 0 Å². The van der Waals surface area contributed by atoms with Gasteiger partial charge in [-0.25, -0.2) is 0 Å². The average molecular weight is 244 g/mol. The molecule has 2 rings (SSSR count). The van der Waals surface area contributed by atoms with Gasteiger partial charge in [-0.05, 0) is 18.1 Å². The van der Waals surface area contributed by atoms with Crippen molar-refractivity contribution in [3.63, 3.8) is 0 Å². The smallest absolute Gasteiger partial charge is 0.416 e. The summed E-state index contributed by atoms with van der Waals surface area (Å²) in [5.74, 6) is -1.53. The predicted molar refractivity (Wildman–Crippen MR) is 54.5 cm³/mol. The second kappa shape index (κ2) is 3.48. The zero-order chi connectivity index (χ0) is 12.8. The highest BCUT2D eigenvalue weighted by atomic mass is 19.4. The van der Waals surface area contributed by atoms with Gasteiger partial charge in [0.1, 0.15) is 0 Å². The van der Waals surface area contributed by atoms with E-state index >= 15 is 0 Å². The first kappa shape index (κ1) is 12.0. The van der Waals surface area contributed by atoms with Gasteiger partial charge in [0.15, 0.2) is 0 Å². The van der Waals surface area contributed by atoms with E-state index in [2.05, 4.69) is 0 Å². The molecule has 0 saturated heterocycles. The van der Waals surface area contributed by atoms with Gasteiger partial charge in [0.05, 0.1) is 11.5 Å². The van der Waals surface area contributed by atoms with Gasteiger partial charge in [0.2, 0.25) is 0 Å². The van der Waals surface area contributed by atoms with Gasteiger partial charge in [0.25, 0.3) is 0 Å². The van der Waals surface area contributed by atoms with E-state index in [1.165, 1.54) is 6.07 Å². The van der Waals surface area contributed by atoms with Crippen LogP contribution in [0.15, 0.2) is 24.3 Å². The van der Waals surface area contributed by atoms with Crippen LogP contribution >= 0.6 is 0 Å². The molecule has 0 unspecified atom stereocenters. The average Bonchev–Trinajstić information content (AvgIpc) is 2.92. The Labute approximate surface area is 96.1 Å². The molecule has 1 saturated carbocycles. The molecular formula is C12H11F3O2. The first-order valence-electron chi connectivity index (χ1n) is 5.16. The molecule has 92 valence electrons. The molecular weight excluding hydrogens is 233 g/mol. The van der Waals surface area contributed by atoms with Crippen molar-refractivity contribution in [1.82, 2.24) is 0 Å². The summed E-state index contributed by atoms with van der Waals surface area (Å²) in [6.45, 7) is 1.68. The molecule has 0 spiro atoms. The maximum atomic E-state index is 12.5. The minimum absolute atomic E-state index is 0.393. The number of hydrogen-bond donors (Lipinski definition) is 1. The van der Waals surface area contributed by atoms with Gasteiger partial charge < -0.3 is 5.11 Å². The van der Waals surface area contributed by atoms with Crippen molar-refractivity contribution in [2.24, 2.45) is 5.92 Å². The monoisotopic (exact) mass is 244 g/mol. The summed E-state index contributed by atoms with van der Waals surface area (Å²) in [7, 11) is 0. The normalized spacial score (nSPS) is 27.9. The Morgan fingerprint density at radius 2 is 2.12 bits per heavy atom. The molecule has 1 aromatic carbocycles. The van der Waals surface area contributed by atoms with Crippen molar-refractivity contribution < 1.29 is 23.1 Å². The van der Waals surface area contributed by atoms with Gasteiger partial charge in [-0.3, -0.25) is 4.79 Å². The SMILES string of the molecule is C[C@]1(c2cccc(C(F)(F)F)c2)C[C@@H]1C(=O)O. The number of alkyl halides is 3. The zero-order valence-corrected chi connectivity index (χ0v) is 9.08. The predicted octanol–water partition coefficient (Wildman–Crippen LogP) is 3.07. The fraction of sp³-hybridized carbons (Fsp3) is 0.417. The summed E-state index contributed by atoms with van der Waals surface area (Å²) in [5, 5.41) is 8.86. The fourth-order valence-electron chi connectivity index (χ4n) is 2.09. The highest BCUT2D eigenvalue weighted by Crippen LogP contribution is 2.54. The second-order valence-corrected chi connectivity index (χ2v) is 4.59. The standard InChI is InChI=1S/C12H11F3O2/c1-11(6-9(11)10(16)17)7-3-2-4-8(5-7)12(13,14)15/h2-5,9H,6H2,1H3,(H,16,17)/t9-,11-/m1/s1. The fourth-order valence-corrected chi connectivity index (χ4v) is 2.09. The lowest BCUT2D eigenvalue weighted by molar-refractivity contribution is -0.139. The van der Waals surface area contributed by atoms with Crippen LogP contribution in [0.5, 0.6) is 0 Å². The molecule has 1 aliphatic rings. The molecule has 1 fully saturated rings. The van der Waals surface area contributed by atoms with Crippen molar-refractivity contribution in [3.8, 4) is 0 Å². The molecule has 0 aliphatic heterocycles. The van der Waals surface area contributed by atoms with Crippen LogP contribution in [-0.2, 0) is 16.4 Å². The van der Waals surface area contributed by atoms with Crippen molar-refractivity contribution in [3.05, 3.63) is 35.4 Å². The topological polar surface area (TPSA) is 37.3 Å². The molecule has 5 heteroatoms. The summed E-state index contributed by atoms with van der Waals surface area (Å²) in [6, 6.07) is 4.91. The van der Waals surface area contributed by atoms with Gasteiger partial charge >= 0.3 is 12.1 Å². The molecule has 1 aliphatic carbocycles. The lowest BCUT2D eigenvalue weighted by Gasteiger charge is -2.13. The van der Waals surface area contributed by atoms with Crippen LogP contribution in [0.2, 0.25) is 0 Å². The Hall–Kier alpha value is -1.52. The Balaban J connectivity index is 2.33. The Kier molecular flexibility index (Phi) is 2.45. The van der Waals surface area contributed by atoms with Crippen LogP contribution in [0.1, 0.15) is 24.5 Å². The van der Waals surface area contributed by atoms with Gasteiger partial charge in [0, 0.05) is 5.41 Å². The molecule has 0 bridgehead atoms. The minimum atomic E-state index is -4.39. The number of carboxylic acids is 1. The number of halogens is 3. The Bertz CT molecular complexity index is 467. The summed E-state index contributed by atoms with van der Waals surface area (Å²) in [5.41, 5.74) is -0.945. The number of carboxylic acid groups (broad SMARTS) is 1. The summed E-state index contributed by atoms with van der Waals surface area (Å²) >= 11 is 0. The third-order valence-corrected chi connectivity index (χ3v) is 3.38. The van der Waals surface area contributed by atoms with Crippen LogP contribution in [0.4, 0.5) is 13.2 Å². The highest BCUT2D eigenvalue weighted by molar-refractivity contribution is 5.77. The van der Waals surface area contributed by atoms with Crippen LogP contribution < -0.4 is 0 Å². The molecule has 0 aromatic heterocycles. The first-order chi connectivity index (χ1) is 7.75. The third kappa shape index (κ3) is 2.01. The van der Waals surface area contributed by atoms with Gasteiger partial charge in [-0.15, -0.1) is 0 Å². The molecule has 0 radical (unpaired) electrons. The Morgan fingerprint density at radius 3 is 2.59 bits per heavy atom. The second-order valence-electron chi connectivity index (χ2n) is 4.59. The minimum Gasteiger partial charge on any atom is -0.481 e. The van der Waals surface area contributed by atoms with E-state index in [4.69, 9.17) is 5.11 Å². The van der Waals surface area contributed by atoms with E-state index in [0.29, 0.717) is 12.0 Å². The first-order valence-corrected chi connectivity index (χ1v) is 5.16. The summed E-state index contributed by atoms with van der Waals surface area (Å²) in [4.78, 5) is 10.8.